The molecule has 2 aromatic carbocycles. The Kier molecular flexibility index (Phi) is 5.20. The Morgan fingerprint density at radius 2 is 1.96 bits per heavy atom. The van der Waals surface area contributed by atoms with Crippen molar-refractivity contribution >= 4 is 23.6 Å². The lowest BCUT2D eigenvalue weighted by molar-refractivity contribution is -0.138. The maximum Gasteiger partial charge on any atom is 0.267 e. The minimum atomic E-state index is -0.600. The number of nitrogens with one attached hydrogen (secondary N) is 1. The number of imide groups is 1. The Labute approximate surface area is 145 Å². The first kappa shape index (κ1) is 16.6. The van der Waals surface area contributed by atoms with Gasteiger partial charge in [0, 0.05) is 23.5 Å². The van der Waals surface area contributed by atoms with Gasteiger partial charge >= 0.3 is 0 Å². The van der Waals surface area contributed by atoms with Gasteiger partial charge in [-0.1, -0.05) is 36.4 Å². The molecule has 5 heteroatoms. The Balaban J connectivity index is 1.67. The average Bonchev–Trinajstić information content (AvgIpc) is 2.58. The zero-order valence-corrected chi connectivity index (χ0v) is 14.3. The van der Waals surface area contributed by atoms with Crippen molar-refractivity contribution in [3.8, 4) is 5.75 Å². The Morgan fingerprint density at radius 1 is 1.17 bits per heavy atom. The van der Waals surface area contributed by atoms with Gasteiger partial charge in [-0.15, -0.1) is 11.8 Å². The maximum absolute atomic E-state index is 11.8. The third-order valence-electron chi connectivity index (χ3n) is 3.86. The van der Waals surface area contributed by atoms with Gasteiger partial charge in [-0.2, -0.15) is 0 Å². The Hall–Kier alpha value is -2.27. The van der Waals surface area contributed by atoms with Gasteiger partial charge < -0.3 is 4.74 Å². The third-order valence-corrected chi connectivity index (χ3v) is 5.09. The fourth-order valence-corrected chi connectivity index (χ4v) is 3.50. The molecule has 0 aliphatic carbocycles. The largest absolute Gasteiger partial charge is 0.481 e. The smallest absolute Gasteiger partial charge is 0.267 e. The molecule has 0 saturated carbocycles. The number of hydrogen-bond acceptors (Lipinski definition) is 4. The van der Waals surface area contributed by atoms with E-state index in [2.05, 4.69) is 24.4 Å². The second-order valence-corrected chi connectivity index (χ2v) is 6.78. The van der Waals surface area contributed by atoms with Gasteiger partial charge in [0.25, 0.3) is 5.91 Å². The van der Waals surface area contributed by atoms with Crippen molar-refractivity contribution in [3.05, 3.63) is 59.7 Å². The van der Waals surface area contributed by atoms with E-state index < -0.39 is 6.10 Å². The quantitative estimate of drug-likeness (QED) is 0.668. The molecule has 1 aliphatic heterocycles. The average molecular weight is 341 g/mol. The lowest BCUT2D eigenvalue weighted by Crippen LogP contribution is -2.46. The number of thioether (sulfide) groups is 1. The van der Waals surface area contributed by atoms with Crippen LogP contribution in [0.2, 0.25) is 0 Å². The van der Waals surface area contributed by atoms with Crippen LogP contribution in [0.3, 0.4) is 0 Å². The normalized spacial score (nSPS) is 17.5. The van der Waals surface area contributed by atoms with Crippen molar-refractivity contribution in [1.82, 2.24) is 5.32 Å². The van der Waals surface area contributed by atoms with Crippen molar-refractivity contribution in [2.24, 2.45) is 0 Å². The molecule has 2 amide bonds. The van der Waals surface area contributed by atoms with Gasteiger partial charge in [0.2, 0.25) is 5.91 Å². The molecule has 0 bridgehead atoms. The summed E-state index contributed by atoms with van der Waals surface area (Å²) >= 11 is 1.74. The van der Waals surface area contributed by atoms with E-state index in [1.165, 1.54) is 11.1 Å². The highest BCUT2D eigenvalue weighted by molar-refractivity contribution is 7.98. The molecule has 24 heavy (non-hydrogen) atoms. The molecule has 2 aromatic rings. The van der Waals surface area contributed by atoms with Crippen LogP contribution in [-0.4, -0.2) is 17.9 Å². The Morgan fingerprint density at radius 3 is 2.71 bits per heavy atom. The fourth-order valence-electron chi connectivity index (χ4n) is 2.49. The lowest BCUT2D eigenvalue weighted by Gasteiger charge is -2.22. The highest BCUT2D eigenvalue weighted by Crippen LogP contribution is 2.30. The highest BCUT2D eigenvalue weighted by Gasteiger charge is 2.28. The number of carbonyl (C=O) groups is 2. The first-order valence-electron chi connectivity index (χ1n) is 7.89. The first-order valence-corrected chi connectivity index (χ1v) is 8.88. The number of hydrogen-bond donors (Lipinski definition) is 1. The van der Waals surface area contributed by atoms with Crippen molar-refractivity contribution in [2.45, 2.75) is 36.5 Å². The van der Waals surface area contributed by atoms with E-state index >= 15 is 0 Å². The van der Waals surface area contributed by atoms with Gasteiger partial charge in [-0.25, -0.2) is 0 Å². The molecular formula is C19H19NO3S. The molecular weight excluding hydrogens is 322 g/mol. The van der Waals surface area contributed by atoms with Crippen LogP contribution in [0.4, 0.5) is 0 Å². The second-order valence-electron chi connectivity index (χ2n) is 5.76. The standard InChI is InChI=1S/C19H19NO3S/c1-13-7-8-15(23-16-9-10-18(21)20-19(16)22)11-17(13)24-12-14-5-3-2-4-6-14/h2-8,11,16H,9-10,12H2,1H3,(H,20,21,22). The summed E-state index contributed by atoms with van der Waals surface area (Å²) in [5.74, 6) is 0.947. The summed E-state index contributed by atoms with van der Waals surface area (Å²) in [6, 6.07) is 16.1. The SMILES string of the molecule is Cc1ccc(OC2CCC(=O)NC2=O)cc1SCc1ccccc1. The van der Waals surface area contributed by atoms with E-state index in [0.29, 0.717) is 18.6 Å². The number of carbonyl (C=O) groups excluding carboxylic acids is 2. The summed E-state index contributed by atoms with van der Waals surface area (Å²) < 4.78 is 5.79. The molecule has 124 valence electrons. The summed E-state index contributed by atoms with van der Waals surface area (Å²) in [5, 5.41) is 2.31. The third kappa shape index (κ3) is 4.17. The molecule has 4 nitrogen and oxygen atoms in total. The van der Waals surface area contributed by atoms with E-state index in [0.717, 1.165) is 10.6 Å². The van der Waals surface area contributed by atoms with Crippen LogP contribution in [0.25, 0.3) is 0 Å². The first-order chi connectivity index (χ1) is 11.6. The minimum Gasteiger partial charge on any atom is -0.481 e. The molecule has 1 atom stereocenters. The second kappa shape index (κ2) is 7.53. The van der Waals surface area contributed by atoms with Crippen LogP contribution >= 0.6 is 11.8 Å². The lowest BCUT2D eigenvalue weighted by atomic mass is 10.1. The van der Waals surface area contributed by atoms with Crippen LogP contribution in [0.1, 0.15) is 24.0 Å². The number of rotatable bonds is 5. The predicted octanol–water partition coefficient (Wildman–Crippen LogP) is 3.47. The van der Waals surface area contributed by atoms with Gasteiger partial charge in [-0.3, -0.25) is 14.9 Å². The minimum absolute atomic E-state index is 0.233. The van der Waals surface area contributed by atoms with Gasteiger partial charge in [0.15, 0.2) is 6.10 Å². The summed E-state index contributed by atoms with van der Waals surface area (Å²) in [6.07, 6.45) is 0.139. The number of aryl methyl sites for hydroxylation is 1. The van der Waals surface area contributed by atoms with Gasteiger partial charge in [0.05, 0.1) is 0 Å². The topological polar surface area (TPSA) is 55.4 Å². The number of amides is 2. The van der Waals surface area contributed by atoms with E-state index in [1.807, 2.05) is 36.4 Å². The molecule has 0 radical (unpaired) electrons. The molecule has 1 unspecified atom stereocenters. The van der Waals surface area contributed by atoms with E-state index in [1.54, 1.807) is 11.8 Å². The monoisotopic (exact) mass is 341 g/mol. The zero-order valence-electron chi connectivity index (χ0n) is 13.5. The molecule has 0 spiro atoms. The van der Waals surface area contributed by atoms with Gasteiger partial charge in [0.1, 0.15) is 5.75 Å². The molecule has 1 aliphatic rings. The number of benzene rings is 2. The molecule has 1 fully saturated rings. The molecule has 1 heterocycles. The van der Waals surface area contributed by atoms with Crippen molar-refractivity contribution in [1.29, 1.82) is 0 Å². The summed E-state index contributed by atoms with van der Waals surface area (Å²) in [6.45, 7) is 2.06. The summed E-state index contributed by atoms with van der Waals surface area (Å²) in [7, 11) is 0. The van der Waals surface area contributed by atoms with Crippen LogP contribution in [0, 0.1) is 6.92 Å². The van der Waals surface area contributed by atoms with Crippen LogP contribution in [0.5, 0.6) is 5.75 Å². The predicted molar refractivity (Wildman–Crippen MR) is 94.0 cm³/mol. The molecule has 0 aromatic heterocycles. The van der Waals surface area contributed by atoms with Crippen molar-refractivity contribution in [2.75, 3.05) is 0 Å². The Bertz CT molecular complexity index is 746. The summed E-state index contributed by atoms with van der Waals surface area (Å²) in [4.78, 5) is 24.1. The molecule has 3 rings (SSSR count). The summed E-state index contributed by atoms with van der Waals surface area (Å²) in [5.41, 5.74) is 2.44. The number of ether oxygens (including phenoxy) is 1. The van der Waals surface area contributed by atoms with E-state index in [-0.39, 0.29) is 11.8 Å². The van der Waals surface area contributed by atoms with E-state index in [9.17, 15) is 9.59 Å². The zero-order chi connectivity index (χ0) is 16.9. The van der Waals surface area contributed by atoms with Crippen LogP contribution < -0.4 is 10.1 Å². The maximum atomic E-state index is 11.8. The highest BCUT2D eigenvalue weighted by atomic mass is 32.2. The van der Waals surface area contributed by atoms with Crippen LogP contribution in [0.15, 0.2) is 53.4 Å². The molecule has 1 saturated heterocycles. The number of piperidine rings is 1. The van der Waals surface area contributed by atoms with Crippen LogP contribution in [-0.2, 0) is 15.3 Å². The van der Waals surface area contributed by atoms with Gasteiger partial charge in [-0.05, 0) is 30.2 Å². The molecule has 1 N–H and O–H groups in total. The van der Waals surface area contributed by atoms with E-state index in [4.69, 9.17) is 4.74 Å². The van der Waals surface area contributed by atoms with Crippen molar-refractivity contribution in [3.63, 3.8) is 0 Å². The van der Waals surface area contributed by atoms with Crippen molar-refractivity contribution < 1.29 is 14.3 Å². The fraction of sp³-hybridized carbons (Fsp3) is 0.263.